The molecule has 1 aromatic heterocycles. The van der Waals surface area contributed by atoms with Gasteiger partial charge in [-0.2, -0.15) is 0 Å². The Morgan fingerprint density at radius 2 is 1.65 bits per heavy atom. The Kier molecular flexibility index (Phi) is 5.16. The van der Waals surface area contributed by atoms with E-state index in [0.29, 0.717) is 0 Å². The molecule has 0 atom stereocenters. The van der Waals surface area contributed by atoms with Crippen molar-refractivity contribution in [3.63, 3.8) is 0 Å². The van der Waals surface area contributed by atoms with E-state index in [9.17, 15) is 0 Å². The van der Waals surface area contributed by atoms with Crippen LogP contribution in [0.25, 0.3) is 11.3 Å². The Hall–Kier alpha value is -2.04. The third-order valence-electron chi connectivity index (χ3n) is 3.33. The Morgan fingerprint density at radius 1 is 0.913 bits per heavy atom. The van der Waals surface area contributed by atoms with Gasteiger partial charge in [0, 0.05) is 16.3 Å². The number of methoxy groups -OCH3 is 1. The molecule has 0 unspecified atom stereocenters. The van der Waals surface area contributed by atoms with Crippen LogP contribution < -0.4 is 4.74 Å². The summed E-state index contributed by atoms with van der Waals surface area (Å²) in [7, 11) is 1.65. The van der Waals surface area contributed by atoms with Crippen molar-refractivity contribution in [3.05, 3.63) is 71.2 Å². The zero-order valence-electron chi connectivity index (χ0n) is 12.6. The van der Waals surface area contributed by atoms with Crippen LogP contribution in [-0.2, 0) is 5.75 Å². The molecule has 3 nitrogen and oxygen atoms in total. The fraction of sp³-hybridized carbons (Fsp3) is 0.111. The Labute approximate surface area is 144 Å². The van der Waals surface area contributed by atoms with Crippen LogP contribution in [0.15, 0.2) is 65.7 Å². The normalized spacial score (nSPS) is 10.5. The lowest BCUT2D eigenvalue weighted by Crippen LogP contribution is -1.90. The summed E-state index contributed by atoms with van der Waals surface area (Å²) in [6.45, 7) is 0. The van der Waals surface area contributed by atoms with Crippen molar-refractivity contribution in [2.75, 3.05) is 7.11 Å². The highest BCUT2D eigenvalue weighted by molar-refractivity contribution is 7.98. The van der Waals surface area contributed by atoms with Crippen molar-refractivity contribution in [1.82, 2.24) is 10.2 Å². The molecule has 116 valence electrons. The second-order valence-corrected chi connectivity index (χ2v) is 6.33. The minimum absolute atomic E-state index is 0.752. The number of hydrogen-bond donors (Lipinski definition) is 0. The first kappa shape index (κ1) is 15.8. The molecule has 0 saturated heterocycles. The molecule has 0 radical (unpaired) electrons. The van der Waals surface area contributed by atoms with E-state index in [1.807, 2.05) is 60.7 Å². The Balaban J connectivity index is 1.65. The van der Waals surface area contributed by atoms with Crippen LogP contribution in [0.2, 0.25) is 5.02 Å². The first-order valence-electron chi connectivity index (χ1n) is 7.10. The van der Waals surface area contributed by atoms with E-state index < -0.39 is 0 Å². The number of benzene rings is 2. The van der Waals surface area contributed by atoms with Gasteiger partial charge in [0.15, 0.2) is 0 Å². The number of nitrogens with zero attached hydrogens (tertiary/aromatic N) is 2. The molecule has 3 rings (SSSR count). The lowest BCUT2D eigenvalue weighted by molar-refractivity contribution is 0.415. The number of hydrogen-bond acceptors (Lipinski definition) is 4. The lowest BCUT2D eigenvalue weighted by atomic mass is 10.1. The van der Waals surface area contributed by atoms with Gasteiger partial charge in [0.05, 0.1) is 12.8 Å². The average molecular weight is 343 g/mol. The van der Waals surface area contributed by atoms with Crippen molar-refractivity contribution in [1.29, 1.82) is 0 Å². The first-order chi connectivity index (χ1) is 11.2. The van der Waals surface area contributed by atoms with Gasteiger partial charge in [0.2, 0.25) is 0 Å². The largest absolute Gasteiger partial charge is 0.497 e. The molecular formula is C18H15ClN2OS. The summed E-state index contributed by atoms with van der Waals surface area (Å²) in [5.74, 6) is 1.67. The van der Waals surface area contributed by atoms with Gasteiger partial charge in [-0.3, -0.25) is 0 Å². The van der Waals surface area contributed by atoms with E-state index in [1.54, 1.807) is 18.9 Å². The van der Waals surface area contributed by atoms with Crippen molar-refractivity contribution in [2.45, 2.75) is 10.8 Å². The number of halogens is 1. The molecule has 0 bridgehead atoms. The van der Waals surface area contributed by atoms with Crippen molar-refractivity contribution in [3.8, 4) is 17.0 Å². The topological polar surface area (TPSA) is 35.0 Å². The number of ether oxygens (including phenoxy) is 1. The maximum Gasteiger partial charge on any atom is 0.119 e. The monoisotopic (exact) mass is 342 g/mol. The molecule has 23 heavy (non-hydrogen) atoms. The summed E-state index contributed by atoms with van der Waals surface area (Å²) >= 11 is 7.54. The van der Waals surface area contributed by atoms with E-state index in [-0.39, 0.29) is 0 Å². The van der Waals surface area contributed by atoms with Gasteiger partial charge in [-0.15, -0.1) is 10.2 Å². The highest BCUT2D eigenvalue weighted by Gasteiger charge is 2.03. The molecule has 2 aromatic carbocycles. The third-order valence-corrected chi connectivity index (χ3v) is 4.57. The van der Waals surface area contributed by atoms with E-state index in [1.165, 1.54) is 5.56 Å². The lowest BCUT2D eigenvalue weighted by Gasteiger charge is -2.04. The van der Waals surface area contributed by atoms with Crippen molar-refractivity contribution >= 4 is 23.4 Å². The molecule has 0 N–H and O–H groups in total. The summed E-state index contributed by atoms with van der Waals surface area (Å²) in [4.78, 5) is 0. The second-order valence-electron chi connectivity index (χ2n) is 4.90. The number of aromatic nitrogens is 2. The van der Waals surface area contributed by atoms with Crippen LogP contribution in [0.4, 0.5) is 0 Å². The number of rotatable bonds is 5. The molecular weight excluding hydrogens is 328 g/mol. The van der Waals surface area contributed by atoms with E-state index in [4.69, 9.17) is 16.3 Å². The predicted octanol–water partition coefficient (Wildman–Crippen LogP) is 5.10. The zero-order chi connectivity index (χ0) is 16.1. The molecule has 0 aliphatic rings. The second kappa shape index (κ2) is 7.49. The molecule has 0 aliphatic carbocycles. The Bertz CT molecular complexity index is 759. The molecule has 1 heterocycles. The maximum absolute atomic E-state index is 5.89. The molecule has 0 spiro atoms. The molecule has 3 aromatic rings. The van der Waals surface area contributed by atoms with Crippen LogP contribution >= 0.6 is 23.4 Å². The summed E-state index contributed by atoms with van der Waals surface area (Å²) in [5, 5.41) is 10.2. The summed E-state index contributed by atoms with van der Waals surface area (Å²) in [5.41, 5.74) is 3.08. The maximum atomic E-state index is 5.89. The van der Waals surface area contributed by atoms with Gasteiger partial charge in [-0.25, -0.2) is 0 Å². The van der Waals surface area contributed by atoms with Crippen molar-refractivity contribution < 1.29 is 4.74 Å². The summed E-state index contributed by atoms with van der Waals surface area (Å²) < 4.78 is 5.16. The van der Waals surface area contributed by atoms with E-state index in [2.05, 4.69) is 10.2 Å². The highest BCUT2D eigenvalue weighted by Crippen LogP contribution is 2.24. The average Bonchev–Trinajstić information content (AvgIpc) is 2.62. The molecule has 0 fully saturated rings. The Morgan fingerprint density at radius 3 is 2.26 bits per heavy atom. The van der Waals surface area contributed by atoms with Gasteiger partial charge in [0.1, 0.15) is 10.8 Å². The minimum Gasteiger partial charge on any atom is -0.497 e. The molecule has 0 aliphatic heterocycles. The fourth-order valence-corrected chi connectivity index (χ4v) is 2.95. The SMILES string of the molecule is COc1ccc(-c2ccc(SCc3ccc(Cl)cc3)nn2)cc1. The van der Waals surface area contributed by atoms with Crippen LogP contribution in [0.5, 0.6) is 5.75 Å². The van der Waals surface area contributed by atoms with Gasteiger partial charge in [-0.05, 0) is 54.1 Å². The minimum atomic E-state index is 0.752. The van der Waals surface area contributed by atoms with Gasteiger partial charge >= 0.3 is 0 Å². The summed E-state index contributed by atoms with van der Waals surface area (Å²) in [6, 6.07) is 19.6. The quantitative estimate of drug-likeness (QED) is 0.604. The molecule has 5 heteroatoms. The van der Waals surface area contributed by atoms with E-state index >= 15 is 0 Å². The van der Waals surface area contributed by atoms with Gasteiger partial charge in [0.25, 0.3) is 0 Å². The third kappa shape index (κ3) is 4.24. The van der Waals surface area contributed by atoms with Crippen LogP contribution in [0.3, 0.4) is 0 Å². The van der Waals surface area contributed by atoms with Crippen LogP contribution in [-0.4, -0.2) is 17.3 Å². The molecule has 0 saturated carbocycles. The first-order valence-corrected chi connectivity index (χ1v) is 8.46. The fourth-order valence-electron chi connectivity index (χ4n) is 2.05. The number of thioether (sulfide) groups is 1. The molecule has 0 amide bonds. The standard InChI is InChI=1S/C18H15ClN2OS/c1-22-16-8-4-14(5-9-16)17-10-11-18(21-20-17)23-12-13-2-6-15(19)7-3-13/h2-11H,12H2,1H3. The summed E-state index contributed by atoms with van der Waals surface area (Å²) in [6.07, 6.45) is 0. The predicted molar refractivity (Wildman–Crippen MR) is 95.0 cm³/mol. The van der Waals surface area contributed by atoms with Gasteiger partial charge in [-0.1, -0.05) is 35.5 Å². The van der Waals surface area contributed by atoms with Crippen LogP contribution in [0.1, 0.15) is 5.56 Å². The highest BCUT2D eigenvalue weighted by atomic mass is 35.5. The van der Waals surface area contributed by atoms with Gasteiger partial charge < -0.3 is 4.74 Å². The van der Waals surface area contributed by atoms with Crippen LogP contribution in [0, 0.1) is 0 Å². The van der Waals surface area contributed by atoms with Crippen molar-refractivity contribution in [2.24, 2.45) is 0 Å². The zero-order valence-corrected chi connectivity index (χ0v) is 14.1. The smallest absolute Gasteiger partial charge is 0.119 e. The van der Waals surface area contributed by atoms with E-state index in [0.717, 1.165) is 32.8 Å².